The molecular weight excluding hydrogens is 204 g/mol. The molecule has 0 saturated carbocycles. The van der Waals surface area contributed by atoms with E-state index in [1.165, 1.54) is 0 Å². The van der Waals surface area contributed by atoms with E-state index in [9.17, 15) is 4.79 Å². The number of ether oxygens (including phenoxy) is 2. The van der Waals surface area contributed by atoms with E-state index in [1.54, 1.807) is 0 Å². The maximum atomic E-state index is 11.8. The van der Waals surface area contributed by atoms with Gasteiger partial charge in [-0.25, -0.2) is 0 Å². The summed E-state index contributed by atoms with van der Waals surface area (Å²) in [6.07, 6.45) is 1.54. The lowest BCUT2D eigenvalue weighted by atomic mass is 10.0. The molecule has 0 aromatic heterocycles. The number of hydrogen-bond acceptors (Lipinski definition) is 3. The van der Waals surface area contributed by atoms with E-state index in [0.717, 1.165) is 18.4 Å². The summed E-state index contributed by atoms with van der Waals surface area (Å²) in [4.78, 5) is 11.8. The number of benzene rings is 1. The molecule has 0 spiro atoms. The summed E-state index contributed by atoms with van der Waals surface area (Å²) in [5.74, 6) is 0.500. The SMILES string of the molecule is Cc1cccc(OC(=O)C2CCOCC2)c1. The highest BCUT2D eigenvalue weighted by Gasteiger charge is 2.23. The number of rotatable bonds is 2. The van der Waals surface area contributed by atoms with Gasteiger partial charge in [-0.05, 0) is 37.5 Å². The lowest BCUT2D eigenvalue weighted by Crippen LogP contribution is -2.27. The summed E-state index contributed by atoms with van der Waals surface area (Å²) in [6, 6.07) is 7.55. The van der Waals surface area contributed by atoms with Crippen molar-refractivity contribution in [2.24, 2.45) is 5.92 Å². The summed E-state index contributed by atoms with van der Waals surface area (Å²) >= 11 is 0. The van der Waals surface area contributed by atoms with E-state index in [2.05, 4.69) is 0 Å². The number of carbonyl (C=O) groups excluding carboxylic acids is 1. The van der Waals surface area contributed by atoms with Crippen molar-refractivity contribution in [3.63, 3.8) is 0 Å². The largest absolute Gasteiger partial charge is 0.426 e. The summed E-state index contributed by atoms with van der Waals surface area (Å²) in [5, 5.41) is 0. The first-order chi connectivity index (χ1) is 7.75. The first-order valence-corrected chi connectivity index (χ1v) is 5.62. The van der Waals surface area contributed by atoms with E-state index in [-0.39, 0.29) is 11.9 Å². The average Bonchev–Trinajstić information content (AvgIpc) is 2.30. The van der Waals surface area contributed by atoms with Crippen molar-refractivity contribution in [2.75, 3.05) is 13.2 Å². The van der Waals surface area contributed by atoms with Gasteiger partial charge in [0.05, 0.1) is 5.92 Å². The van der Waals surface area contributed by atoms with Crippen molar-refractivity contribution in [2.45, 2.75) is 19.8 Å². The first kappa shape index (κ1) is 11.1. The molecule has 0 amide bonds. The van der Waals surface area contributed by atoms with Crippen molar-refractivity contribution in [3.05, 3.63) is 29.8 Å². The van der Waals surface area contributed by atoms with E-state index >= 15 is 0 Å². The molecule has 2 rings (SSSR count). The molecular formula is C13H16O3. The van der Waals surface area contributed by atoms with Gasteiger partial charge in [-0.15, -0.1) is 0 Å². The molecule has 1 aliphatic heterocycles. The Labute approximate surface area is 95.4 Å². The molecule has 1 aliphatic rings. The standard InChI is InChI=1S/C13H16O3/c1-10-3-2-4-12(9-10)16-13(14)11-5-7-15-8-6-11/h2-4,9,11H,5-8H2,1H3. The molecule has 1 fully saturated rings. The molecule has 86 valence electrons. The Bertz CT molecular complexity index is 367. The molecule has 1 saturated heterocycles. The number of aryl methyl sites for hydroxylation is 1. The van der Waals surface area contributed by atoms with Crippen LogP contribution in [-0.2, 0) is 9.53 Å². The zero-order chi connectivity index (χ0) is 11.4. The smallest absolute Gasteiger partial charge is 0.314 e. The third-order valence-corrected chi connectivity index (χ3v) is 2.76. The molecule has 16 heavy (non-hydrogen) atoms. The minimum atomic E-state index is -0.131. The second-order valence-electron chi connectivity index (χ2n) is 4.12. The first-order valence-electron chi connectivity index (χ1n) is 5.62. The summed E-state index contributed by atoms with van der Waals surface area (Å²) in [5.41, 5.74) is 1.09. The maximum Gasteiger partial charge on any atom is 0.314 e. The topological polar surface area (TPSA) is 35.5 Å². The van der Waals surface area contributed by atoms with E-state index in [0.29, 0.717) is 19.0 Å². The Morgan fingerprint density at radius 1 is 1.38 bits per heavy atom. The van der Waals surface area contributed by atoms with Gasteiger partial charge in [-0.2, -0.15) is 0 Å². The summed E-state index contributed by atoms with van der Waals surface area (Å²) < 4.78 is 10.6. The predicted octanol–water partition coefficient (Wildman–Crippen LogP) is 2.33. The Morgan fingerprint density at radius 2 is 2.12 bits per heavy atom. The van der Waals surface area contributed by atoms with Crippen LogP contribution in [0.15, 0.2) is 24.3 Å². The van der Waals surface area contributed by atoms with Crippen molar-refractivity contribution >= 4 is 5.97 Å². The Morgan fingerprint density at radius 3 is 2.81 bits per heavy atom. The third-order valence-electron chi connectivity index (χ3n) is 2.76. The highest BCUT2D eigenvalue weighted by molar-refractivity contribution is 5.75. The fraction of sp³-hybridized carbons (Fsp3) is 0.462. The molecule has 0 bridgehead atoms. The molecule has 0 radical (unpaired) electrons. The van der Waals surface area contributed by atoms with Crippen LogP contribution < -0.4 is 4.74 Å². The van der Waals surface area contributed by atoms with Gasteiger partial charge in [0.25, 0.3) is 0 Å². The van der Waals surface area contributed by atoms with Crippen LogP contribution in [0.3, 0.4) is 0 Å². The quantitative estimate of drug-likeness (QED) is 0.567. The lowest BCUT2D eigenvalue weighted by molar-refractivity contribution is -0.141. The molecule has 1 aromatic carbocycles. The van der Waals surface area contributed by atoms with E-state index in [4.69, 9.17) is 9.47 Å². The van der Waals surface area contributed by atoms with Crippen LogP contribution in [0.2, 0.25) is 0 Å². The van der Waals surface area contributed by atoms with Gasteiger partial charge in [0.2, 0.25) is 0 Å². The van der Waals surface area contributed by atoms with Gasteiger partial charge < -0.3 is 9.47 Å². The van der Waals surface area contributed by atoms with E-state index < -0.39 is 0 Å². The molecule has 0 atom stereocenters. The molecule has 3 nitrogen and oxygen atoms in total. The zero-order valence-corrected chi connectivity index (χ0v) is 9.44. The molecule has 3 heteroatoms. The Balaban J connectivity index is 1.96. The van der Waals surface area contributed by atoms with Gasteiger partial charge in [0.1, 0.15) is 5.75 Å². The van der Waals surface area contributed by atoms with Crippen LogP contribution in [0.4, 0.5) is 0 Å². The second kappa shape index (κ2) is 5.12. The highest BCUT2D eigenvalue weighted by atomic mass is 16.5. The third kappa shape index (κ3) is 2.83. The van der Waals surface area contributed by atoms with Gasteiger partial charge in [-0.3, -0.25) is 4.79 Å². The van der Waals surface area contributed by atoms with Crippen LogP contribution in [0.1, 0.15) is 18.4 Å². The lowest BCUT2D eigenvalue weighted by Gasteiger charge is -2.20. The monoisotopic (exact) mass is 220 g/mol. The molecule has 0 N–H and O–H groups in total. The van der Waals surface area contributed by atoms with Gasteiger partial charge >= 0.3 is 5.97 Å². The maximum absolute atomic E-state index is 11.8. The molecule has 1 aromatic rings. The molecule has 0 unspecified atom stereocenters. The van der Waals surface area contributed by atoms with Crippen molar-refractivity contribution < 1.29 is 14.3 Å². The Hall–Kier alpha value is -1.35. The predicted molar refractivity (Wildman–Crippen MR) is 60.4 cm³/mol. The normalized spacial score (nSPS) is 17.1. The van der Waals surface area contributed by atoms with Crippen molar-refractivity contribution in [1.82, 2.24) is 0 Å². The number of carbonyl (C=O) groups is 1. The van der Waals surface area contributed by atoms with Gasteiger partial charge in [0, 0.05) is 13.2 Å². The fourth-order valence-corrected chi connectivity index (χ4v) is 1.81. The van der Waals surface area contributed by atoms with Gasteiger partial charge in [0.15, 0.2) is 0 Å². The van der Waals surface area contributed by atoms with Crippen molar-refractivity contribution in [3.8, 4) is 5.75 Å². The summed E-state index contributed by atoms with van der Waals surface area (Å²) in [6.45, 7) is 3.30. The fourth-order valence-electron chi connectivity index (χ4n) is 1.81. The van der Waals surface area contributed by atoms with Crippen LogP contribution >= 0.6 is 0 Å². The molecule has 1 heterocycles. The zero-order valence-electron chi connectivity index (χ0n) is 9.44. The average molecular weight is 220 g/mol. The van der Waals surface area contributed by atoms with Crippen LogP contribution in [0.5, 0.6) is 5.75 Å². The highest BCUT2D eigenvalue weighted by Crippen LogP contribution is 2.19. The van der Waals surface area contributed by atoms with Crippen LogP contribution in [0.25, 0.3) is 0 Å². The second-order valence-corrected chi connectivity index (χ2v) is 4.12. The number of esters is 1. The van der Waals surface area contributed by atoms with Crippen molar-refractivity contribution in [1.29, 1.82) is 0 Å². The van der Waals surface area contributed by atoms with Gasteiger partial charge in [-0.1, -0.05) is 12.1 Å². The van der Waals surface area contributed by atoms with E-state index in [1.807, 2.05) is 31.2 Å². The van der Waals surface area contributed by atoms with Crippen LogP contribution in [0, 0.1) is 12.8 Å². The number of hydrogen-bond donors (Lipinski definition) is 0. The van der Waals surface area contributed by atoms with Crippen LogP contribution in [-0.4, -0.2) is 19.2 Å². The minimum Gasteiger partial charge on any atom is -0.426 e. The Kier molecular flexibility index (Phi) is 3.57. The molecule has 0 aliphatic carbocycles. The summed E-state index contributed by atoms with van der Waals surface area (Å²) in [7, 11) is 0. The minimum absolute atomic E-state index is 0.00531.